The number of benzene rings is 2. The summed E-state index contributed by atoms with van der Waals surface area (Å²) in [5, 5.41) is 6.62. The third kappa shape index (κ3) is 7.96. The molecule has 0 saturated heterocycles. The molecular weight excluding hydrogens is 439 g/mol. The maximum Gasteiger partial charge on any atom is 0.251 e. The summed E-state index contributed by atoms with van der Waals surface area (Å²) in [6.07, 6.45) is 4.84. The topological polar surface area (TPSA) is 76.7 Å². The van der Waals surface area contributed by atoms with Crippen LogP contribution in [0.25, 0.3) is 0 Å². The van der Waals surface area contributed by atoms with E-state index in [0.29, 0.717) is 45.8 Å². The number of hydrogen-bond acceptors (Lipinski definition) is 4. The van der Waals surface area contributed by atoms with Crippen molar-refractivity contribution in [2.24, 2.45) is 0 Å². The van der Waals surface area contributed by atoms with E-state index in [-0.39, 0.29) is 11.8 Å². The number of ether oxygens (including phenoxy) is 2. The predicted octanol–water partition coefficient (Wildman–Crippen LogP) is 5.12. The maximum absolute atomic E-state index is 12.1. The minimum absolute atomic E-state index is 0.147. The molecule has 0 atom stereocenters. The van der Waals surface area contributed by atoms with Gasteiger partial charge in [0.1, 0.15) is 11.5 Å². The molecule has 6 nitrogen and oxygen atoms in total. The van der Waals surface area contributed by atoms with Crippen LogP contribution < -0.4 is 20.1 Å². The van der Waals surface area contributed by atoms with Crippen molar-refractivity contribution >= 4 is 35.0 Å². The molecule has 2 amide bonds. The van der Waals surface area contributed by atoms with Crippen molar-refractivity contribution in [3.63, 3.8) is 0 Å². The second-order valence-electron chi connectivity index (χ2n) is 6.98. The molecule has 0 fully saturated rings. The molecule has 168 valence electrons. The zero-order valence-electron chi connectivity index (χ0n) is 17.8. The van der Waals surface area contributed by atoms with Gasteiger partial charge in [0.05, 0.1) is 24.3 Å². The fourth-order valence-corrected chi connectivity index (χ4v) is 3.52. The zero-order chi connectivity index (χ0) is 22.6. The van der Waals surface area contributed by atoms with Gasteiger partial charge in [0, 0.05) is 24.2 Å². The van der Waals surface area contributed by atoms with Gasteiger partial charge >= 0.3 is 0 Å². The Morgan fingerprint density at radius 2 is 1.10 bits per heavy atom. The minimum atomic E-state index is -0.147. The molecule has 0 saturated carbocycles. The third-order valence-electron chi connectivity index (χ3n) is 4.75. The summed E-state index contributed by atoms with van der Waals surface area (Å²) in [4.78, 5) is 24.3. The second-order valence-corrected chi connectivity index (χ2v) is 7.79. The molecule has 0 spiro atoms. The Kier molecular flexibility index (Phi) is 10.5. The Labute approximate surface area is 193 Å². The van der Waals surface area contributed by atoms with E-state index in [0.717, 1.165) is 32.1 Å². The van der Waals surface area contributed by atoms with Crippen LogP contribution in [-0.2, 0) is 0 Å². The Morgan fingerprint density at radius 3 is 1.45 bits per heavy atom. The maximum atomic E-state index is 12.1. The monoisotopic (exact) mass is 466 g/mol. The smallest absolute Gasteiger partial charge is 0.251 e. The van der Waals surface area contributed by atoms with Gasteiger partial charge in [-0.15, -0.1) is 0 Å². The summed E-state index contributed by atoms with van der Waals surface area (Å²) >= 11 is 12.1. The first-order valence-corrected chi connectivity index (χ1v) is 11.0. The molecule has 0 aliphatic carbocycles. The van der Waals surface area contributed by atoms with Gasteiger partial charge in [-0.05, 0) is 49.2 Å². The van der Waals surface area contributed by atoms with E-state index < -0.39 is 0 Å². The Morgan fingerprint density at radius 1 is 0.710 bits per heavy atom. The normalized spacial score (nSPS) is 10.5. The van der Waals surface area contributed by atoms with Gasteiger partial charge in [-0.1, -0.05) is 42.5 Å². The van der Waals surface area contributed by atoms with Crippen LogP contribution in [0, 0.1) is 0 Å². The van der Waals surface area contributed by atoms with Gasteiger partial charge in [-0.3, -0.25) is 9.59 Å². The highest BCUT2D eigenvalue weighted by Gasteiger charge is 2.09. The Balaban J connectivity index is 1.54. The number of unbranched alkanes of at least 4 members (excludes halogenated alkanes) is 4. The standard InChI is InChI=1S/C23H28Cl2N2O4/c1-30-20-10-8-16(14-18(20)24)22(28)26-12-6-4-3-5-7-13-27-23(29)17-9-11-21(31-2)19(25)15-17/h8-11,14-15H,3-7,12-13H2,1-2H3,(H,26,28)(H,27,29). The number of halogens is 2. The van der Waals surface area contributed by atoms with Crippen LogP contribution in [0.4, 0.5) is 0 Å². The number of carbonyl (C=O) groups excluding carboxylic acids is 2. The summed E-state index contributed by atoms with van der Waals surface area (Å²) in [5.41, 5.74) is 1.03. The third-order valence-corrected chi connectivity index (χ3v) is 5.34. The van der Waals surface area contributed by atoms with Crippen molar-refractivity contribution in [2.45, 2.75) is 32.1 Å². The molecule has 0 bridgehead atoms. The molecule has 8 heteroatoms. The molecule has 2 aromatic carbocycles. The number of hydrogen-bond donors (Lipinski definition) is 2. The molecule has 0 heterocycles. The first kappa shape index (κ1) is 24.8. The summed E-state index contributed by atoms with van der Waals surface area (Å²) in [6.45, 7) is 1.22. The van der Waals surface area contributed by atoms with Crippen molar-refractivity contribution in [1.29, 1.82) is 0 Å². The van der Waals surface area contributed by atoms with Crippen molar-refractivity contribution in [3.8, 4) is 11.5 Å². The molecule has 31 heavy (non-hydrogen) atoms. The van der Waals surface area contributed by atoms with E-state index in [1.165, 1.54) is 14.2 Å². The second kappa shape index (κ2) is 13.1. The van der Waals surface area contributed by atoms with Gasteiger partial charge in [-0.2, -0.15) is 0 Å². The molecule has 2 rings (SSSR count). The van der Waals surface area contributed by atoms with Crippen LogP contribution in [0.15, 0.2) is 36.4 Å². The lowest BCUT2D eigenvalue weighted by atomic mass is 10.1. The highest BCUT2D eigenvalue weighted by Crippen LogP contribution is 2.25. The molecule has 0 aromatic heterocycles. The Hall–Kier alpha value is -2.44. The number of carbonyl (C=O) groups is 2. The molecule has 2 aromatic rings. The van der Waals surface area contributed by atoms with Gasteiger partial charge < -0.3 is 20.1 Å². The lowest BCUT2D eigenvalue weighted by molar-refractivity contribution is 0.0945. The number of methoxy groups -OCH3 is 2. The van der Waals surface area contributed by atoms with Crippen LogP contribution in [0.5, 0.6) is 11.5 Å². The average Bonchev–Trinajstić information content (AvgIpc) is 2.77. The fourth-order valence-electron chi connectivity index (χ4n) is 3.00. The fraction of sp³-hybridized carbons (Fsp3) is 0.391. The molecule has 0 aliphatic heterocycles. The predicted molar refractivity (Wildman–Crippen MR) is 124 cm³/mol. The first-order chi connectivity index (χ1) is 15.0. The first-order valence-electron chi connectivity index (χ1n) is 10.2. The van der Waals surface area contributed by atoms with E-state index in [1.54, 1.807) is 36.4 Å². The minimum Gasteiger partial charge on any atom is -0.495 e. The van der Waals surface area contributed by atoms with Crippen LogP contribution in [-0.4, -0.2) is 39.1 Å². The van der Waals surface area contributed by atoms with E-state index in [2.05, 4.69) is 10.6 Å². The van der Waals surface area contributed by atoms with Gasteiger partial charge in [0.15, 0.2) is 0 Å². The molecule has 0 aliphatic rings. The van der Waals surface area contributed by atoms with E-state index in [9.17, 15) is 9.59 Å². The summed E-state index contributed by atoms with van der Waals surface area (Å²) < 4.78 is 10.2. The highest BCUT2D eigenvalue weighted by atomic mass is 35.5. The quantitative estimate of drug-likeness (QED) is 0.425. The SMILES string of the molecule is COc1ccc(C(=O)NCCCCCCCNC(=O)c2ccc(OC)c(Cl)c2)cc1Cl. The average molecular weight is 467 g/mol. The number of rotatable bonds is 12. The van der Waals surface area contributed by atoms with Gasteiger partial charge in [0.2, 0.25) is 0 Å². The van der Waals surface area contributed by atoms with E-state index in [4.69, 9.17) is 32.7 Å². The molecular formula is C23H28Cl2N2O4. The lowest BCUT2D eigenvalue weighted by Gasteiger charge is -2.08. The lowest BCUT2D eigenvalue weighted by Crippen LogP contribution is -2.24. The van der Waals surface area contributed by atoms with E-state index in [1.807, 2.05) is 0 Å². The van der Waals surface area contributed by atoms with Crippen molar-refractivity contribution < 1.29 is 19.1 Å². The van der Waals surface area contributed by atoms with Crippen LogP contribution >= 0.6 is 23.2 Å². The van der Waals surface area contributed by atoms with Crippen LogP contribution in [0.1, 0.15) is 52.8 Å². The summed E-state index contributed by atoms with van der Waals surface area (Å²) in [5.74, 6) is 0.793. The highest BCUT2D eigenvalue weighted by molar-refractivity contribution is 6.32. The Bertz CT molecular complexity index is 818. The molecule has 0 radical (unpaired) electrons. The van der Waals surface area contributed by atoms with Gasteiger partial charge in [-0.25, -0.2) is 0 Å². The number of amides is 2. The van der Waals surface area contributed by atoms with Crippen LogP contribution in [0.3, 0.4) is 0 Å². The number of nitrogens with one attached hydrogen (secondary N) is 2. The summed E-state index contributed by atoms with van der Waals surface area (Å²) in [7, 11) is 3.07. The molecule has 2 N–H and O–H groups in total. The largest absolute Gasteiger partial charge is 0.495 e. The van der Waals surface area contributed by atoms with Gasteiger partial charge in [0.25, 0.3) is 11.8 Å². The zero-order valence-corrected chi connectivity index (χ0v) is 19.3. The van der Waals surface area contributed by atoms with Crippen molar-refractivity contribution in [3.05, 3.63) is 57.6 Å². The molecule has 0 unspecified atom stereocenters. The summed E-state index contributed by atoms with van der Waals surface area (Å²) in [6, 6.07) is 9.94. The van der Waals surface area contributed by atoms with Crippen molar-refractivity contribution in [2.75, 3.05) is 27.3 Å². The van der Waals surface area contributed by atoms with Crippen LogP contribution in [0.2, 0.25) is 10.0 Å². The van der Waals surface area contributed by atoms with Crippen molar-refractivity contribution in [1.82, 2.24) is 10.6 Å². The van der Waals surface area contributed by atoms with E-state index >= 15 is 0 Å².